The van der Waals surface area contributed by atoms with E-state index in [1.165, 1.54) is 12.1 Å². The Labute approximate surface area is 134 Å². The molecule has 1 aromatic rings. The summed E-state index contributed by atoms with van der Waals surface area (Å²) in [4.78, 5) is 25.2. The Kier molecular flexibility index (Phi) is 5.35. The van der Waals surface area contributed by atoms with Crippen molar-refractivity contribution >= 4 is 21.7 Å². The number of likely N-dealkylation sites (tertiary alicyclic amines) is 1. The number of carbonyl (C=O) groups excluding carboxylic acids is 2. The minimum atomic E-state index is -3.58. The zero-order valence-corrected chi connectivity index (χ0v) is 13.6. The van der Waals surface area contributed by atoms with Gasteiger partial charge >= 0.3 is 0 Å². The SMILES string of the molecule is CCN1C[C@H](C(=O)NCCS(=O)(=O)c2ccc(F)cc2)CC1=O. The van der Waals surface area contributed by atoms with Crippen LogP contribution in [-0.4, -0.2) is 50.5 Å². The molecule has 0 spiro atoms. The van der Waals surface area contributed by atoms with E-state index in [-0.39, 0.29) is 35.4 Å². The number of amides is 2. The van der Waals surface area contributed by atoms with Gasteiger partial charge in [0.25, 0.3) is 0 Å². The van der Waals surface area contributed by atoms with Gasteiger partial charge in [0.05, 0.1) is 16.6 Å². The molecule has 1 aliphatic heterocycles. The highest BCUT2D eigenvalue weighted by Crippen LogP contribution is 2.17. The summed E-state index contributed by atoms with van der Waals surface area (Å²) in [6.07, 6.45) is 0.157. The first kappa shape index (κ1) is 17.4. The third kappa shape index (κ3) is 4.28. The van der Waals surface area contributed by atoms with Crippen LogP contribution in [-0.2, 0) is 19.4 Å². The highest BCUT2D eigenvalue weighted by Gasteiger charge is 2.33. The maximum Gasteiger partial charge on any atom is 0.225 e. The van der Waals surface area contributed by atoms with Gasteiger partial charge in [-0.15, -0.1) is 0 Å². The lowest BCUT2D eigenvalue weighted by Gasteiger charge is -2.13. The van der Waals surface area contributed by atoms with Gasteiger partial charge in [0.15, 0.2) is 9.84 Å². The fourth-order valence-corrected chi connectivity index (χ4v) is 3.62. The molecule has 1 aromatic carbocycles. The van der Waals surface area contributed by atoms with Crippen LogP contribution in [0.1, 0.15) is 13.3 Å². The Hall–Kier alpha value is -1.96. The molecule has 2 amide bonds. The molecule has 0 aromatic heterocycles. The van der Waals surface area contributed by atoms with Crippen LogP contribution in [0.5, 0.6) is 0 Å². The predicted octanol–water partition coefficient (Wildman–Crippen LogP) is 0.584. The van der Waals surface area contributed by atoms with Gasteiger partial charge < -0.3 is 10.2 Å². The van der Waals surface area contributed by atoms with Crippen molar-refractivity contribution in [3.63, 3.8) is 0 Å². The number of rotatable bonds is 6. The van der Waals surface area contributed by atoms with Crippen molar-refractivity contribution in [2.75, 3.05) is 25.4 Å². The Morgan fingerprint density at radius 2 is 2.00 bits per heavy atom. The summed E-state index contributed by atoms with van der Waals surface area (Å²) < 4.78 is 36.9. The standard InChI is InChI=1S/C15H19FN2O4S/c1-2-18-10-11(9-14(18)19)15(20)17-7-8-23(21,22)13-5-3-12(16)4-6-13/h3-6,11H,2,7-10H2,1H3,(H,17,20)/t11-/m1/s1. The average Bonchev–Trinajstić information content (AvgIpc) is 2.88. The van der Waals surface area contributed by atoms with Crippen molar-refractivity contribution in [2.24, 2.45) is 5.92 Å². The van der Waals surface area contributed by atoms with Gasteiger partial charge in [-0.3, -0.25) is 9.59 Å². The van der Waals surface area contributed by atoms with Crippen LogP contribution in [0, 0.1) is 11.7 Å². The molecule has 0 bridgehead atoms. The first-order valence-electron chi connectivity index (χ1n) is 7.37. The van der Waals surface area contributed by atoms with Crippen molar-refractivity contribution in [2.45, 2.75) is 18.2 Å². The number of carbonyl (C=O) groups is 2. The second-order valence-electron chi connectivity index (χ2n) is 5.40. The maximum absolute atomic E-state index is 12.8. The number of nitrogens with one attached hydrogen (secondary N) is 1. The molecule has 1 fully saturated rings. The van der Waals surface area contributed by atoms with Crippen LogP contribution >= 0.6 is 0 Å². The van der Waals surface area contributed by atoms with E-state index in [4.69, 9.17) is 0 Å². The molecule has 1 heterocycles. The first-order valence-corrected chi connectivity index (χ1v) is 9.02. The van der Waals surface area contributed by atoms with E-state index in [0.29, 0.717) is 13.1 Å². The first-order chi connectivity index (χ1) is 10.8. The quantitative estimate of drug-likeness (QED) is 0.767. The van der Waals surface area contributed by atoms with E-state index >= 15 is 0 Å². The fourth-order valence-electron chi connectivity index (χ4n) is 2.47. The summed E-state index contributed by atoms with van der Waals surface area (Å²) in [6.45, 7) is 2.72. The van der Waals surface area contributed by atoms with Crippen molar-refractivity contribution in [1.29, 1.82) is 0 Å². The molecule has 1 aliphatic rings. The molecular formula is C15H19FN2O4S. The summed E-state index contributed by atoms with van der Waals surface area (Å²) in [5, 5.41) is 2.56. The number of hydrogen-bond acceptors (Lipinski definition) is 4. The van der Waals surface area contributed by atoms with Crippen LogP contribution < -0.4 is 5.32 Å². The Balaban J connectivity index is 1.86. The van der Waals surface area contributed by atoms with E-state index in [2.05, 4.69) is 5.32 Å². The molecule has 0 aliphatic carbocycles. The average molecular weight is 342 g/mol. The zero-order chi connectivity index (χ0) is 17.0. The van der Waals surface area contributed by atoms with Crippen LogP contribution in [0.3, 0.4) is 0 Å². The highest BCUT2D eigenvalue weighted by atomic mass is 32.2. The molecule has 0 radical (unpaired) electrons. The van der Waals surface area contributed by atoms with Gasteiger partial charge in [-0.1, -0.05) is 0 Å². The number of halogens is 1. The molecule has 1 atom stereocenters. The van der Waals surface area contributed by atoms with Crippen LogP contribution in [0.25, 0.3) is 0 Å². The maximum atomic E-state index is 12.8. The number of sulfone groups is 1. The molecule has 8 heteroatoms. The van der Waals surface area contributed by atoms with Gasteiger partial charge in [-0.25, -0.2) is 12.8 Å². The van der Waals surface area contributed by atoms with Crippen LogP contribution in [0.4, 0.5) is 4.39 Å². The number of nitrogens with zero attached hydrogens (tertiary/aromatic N) is 1. The predicted molar refractivity (Wildman–Crippen MR) is 81.8 cm³/mol. The van der Waals surface area contributed by atoms with Crippen molar-refractivity contribution in [3.05, 3.63) is 30.1 Å². The second kappa shape index (κ2) is 7.08. The lowest BCUT2D eigenvalue weighted by molar-refractivity contribution is -0.128. The lowest BCUT2D eigenvalue weighted by Crippen LogP contribution is -2.35. The molecule has 0 unspecified atom stereocenters. The third-order valence-corrected chi connectivity index (χ3v) is 5.54. The molecule has 6 nitrogen and oxygen atoms in total. The summed E-state index contributed by atoms with van der Waals surface area (Å²) in [5.74, 6) is -1.60. The van der Waals surface area contributed by atoms with Crippen molar-refractivity contribution < 1.29 is 22.4 Å². The molecular weight excluding hydrogens is 323 g/mol. The summed E-state index contributed by atoms with van der Waals surface area (Å²) in [7, 11) is -3.58. The monoisotopic (exact) mass is 342 g/mol. The normalized spacial score (nSPS) is 18.3. The molecule has 2 rings (SSSR count). The van der Waals surface area contributed by atoms with Gasteiger partial charge in [-0.2, -0.15) is 0 Å². The Morgan fingerprint density at radius 3 is 2.57 bits per heavy atom. The Morgan fingerprint density at radius 1 is 1.35 bits per heavy atom. The van der Waals surface area contributed by atoms with Crippen LogP contribution in [0.15, 0.2) is 29.2 Å². The van der Waals surface area contributed by atoms with E-state index < -0.39 is 21.6 Å². The topological polar surface area (TPSA) is 83.6 Å². The lowest BCUT2D eigenvalue weighted by atomic mass is 10.1. The molecule has 0 saturated carbocycles. The second-order valence-corrected chi connectivity index (χ2v) is 7.51. The largest absolute Gasteiger partial charge is 0.355 e. The molecule has 23 heavy (non-hydrogen) atoms. The van der Waals surface area contributed by atoms with Gasteiger partial charge in [0.2, 0.25) is 11.8 Å². The smallest absolute Gasteiger partial charge is 0.225 e. The van der Waals surface area contributed by atoms with Crippen molar-refractivity contribution in [3.8, 4) is 0 Å². The van der Waals surface area contributed by atoms with Crippen LogP contribution in [0.2, 0.25) is 0 Å². The highest BCUT2D eigenvalue weighted by molar-refractivity contribution is 7.91. The summed E-state index contributed by atoms with van der Waals surface area (Å²) in [6, 6.07) is 4.55. The molecule has 1 saturated heterocycles. The van der Waals surface area contributed by atoms with Gasteiger partial charge in [0, 0.05) is 26.1 Å². The molecule has 126 valence electrons. The Bertz CT molecular complexity index is 688. The number of benzene rings is 1. The van der Waals surface area contributed by atoms with Gasteiger partial charge in [-0.05, 0) is 31.2 Å². The fraction of sp³-hybridized carbons (Fsp3) is 0.467. The zero-order valence-electron chi connectivity index (χ0n) is 12.8. The summed E-state index contributed by atoms with van der Waals surface area (Å²) >= 11 is 0. The van der Waals surface area contributed by atoms with Gasteiger partial charge in [0.1, 0.15) is 5.82 Å². The van der Waals surface area contributed by atoms with Crippen molar-refractivity contribution in [1.82, 2.24) is 10.2 Å². The van der Waals surface area contributed by atoms with E-state index in [9.17, 15) is 22.4 Å². The summed E-state index contributed by atoms with van der Waals surface area (Å²) in [5.41, 5.74) is 0. The third-order valence-electron chi connectivity index (χ3n) is 3.81. The van der Waals surface area contributed by atoms with E-state index in [1.807, 2.05) is 6.92 Å². The van der Waals surface area contributed by atoms with E-state index in [0.717, 1.165) is 12.1 Å². The molecule has 1 N–H and O–H groups in total. The minimum absolute atomic E-state index is 0.0151. The minimum Gasteiger partial charge on any atom is -0.355 e. The number of hydrogen-bond donors (Lipinski definition) is 1. The van der Waals surface area contributed by atoms with E-state index in [1.54, 1.807) is 4.90 Å².